The van der Waals surface area contributed by atoms with Crippen molar-refractivity contribution in [1.29, 1.82) is 0 Å². The third-order valence-electron chi connectivity index (χ3n) is 0.352. The Bertz CT molecular complexity index is 203. The Kier molecular flexibility index (Phi) is 17.1. The first kappa shape index (κ1) is 19.6. The van der Waals surface area contributed by atoms with Crippen LogP contribution in [-0.2, 0) is 19.2 Å². The number of carbonyl (C=O) groups is 4. The predicted octanol–water partition coefficient (Wildman–Crippen LogP) is -2.70. The Hall–Kier alpha value is -0.921. The zero-order valence-electron chi connectivity index (χ0n) is 8.95. The van der Waals surface area contributed by atoms with Gasteiger partial charge in [-0.1, -0.05) is 0 Å². The third kappa shape index (κ3) is 169. The topological polar surface area (TPSA) is 114 Å². The standard InChI is InChI=1S/2C2H4O2.2C2H3O.Sn/c2*1-2(3)4;2*1-2-3;/h2*1H3,(H,3,4);2*1H3;/q;;;;+2/p-2. The Labute approximate surface area is 97.9 Å². The van der Waals surface area contributed by atoms with E-state index in [2.05, 4.69) is 0 Å². The molecule has 0 aromatic carbocycles. The molecule has 6 nitrogen and oxygen atoms in total. The fourth-order valence-electron chi connectivity index (χ4n) is 0.248. The number of hydrogen-bond acceptors (Lipinski definition) is 6. The monoisotopic (exact) mass is 324 g/mol. The molecule has 84 valence electrons. The van der Waals surface area contributed by atoms with Crippen LogP contribution < -0.4 is 10.2 Å². The van der Waals surface area contributed by atoms with Crippen molar-refractivity contribution in [1.82, 2.24) is 0 Å². The van der Waals surface area contributed by atoms with Crippen LogP contribution in [0.3, 0.4) is 0 Å². The first-order valence-corrected chi connectivity index (χ1v) is 6.58. The van der Waals surface area contributed by atoms with Crippen LogP contribution in [-0.4, -0.2) is 40.7 Å². The molecule has 0 saturated carbocycles. The summed E-state index contributed by atoms with van der Waals surface area (Å²) in [5.41, 5.74) is 0. The van der Waals surface area contributed by atoms with Gasteiger partial charge in [-0.3, -0.25) is 0 Å². The molecule has 0 rings (SSSR count). The molecular weight excluding hydrogens is 311 g/mol. The maximum absolute atomic E-state index is 10.1. The van der Waals surface area contributed by atoms with Gasteiger partial charge in [-0.15, -0.1) is 0 Å². The molecule has 0 unspecified atom stereocenters. The minimum absolute atomic E-state index is 0.108. The summed E-state index contributed by atoms with van der Waals surface area (Å²) in [6.45, 7) is 4.90. The molecule has 0 bridgehead atoms. The maximum atomic E-state index is 10.1. The molecular formula is C8H12O6Sn. The van der Waals surface area contributed by atoms with Gasteiger partial charge >= 0.3 is 52.2 Å². The van der Waals surface area contributed by atoms with E-state index < -0.39 is 33.1 Å². The first-order valence-electron chi connectivity index (χ1n) is 3.72. The predicted molar refractivity (Wildman–Crippen MR) is 48.5 cm³/mol. The second-order valence-electron chi connectivity index (χ2n) is 2.22. The van der Waals surface area contributed by atoms with E-state index in [9.17, 15) is 9.59 Å². The third-order valence-corrected chi connectivity index (χ3v) is 2.36. The quantitative estimate of drug-likeness (QED) is 0.511. The summed E-state index contributed by atoms with van der Waals surface area (Å²) in [4.78, 5) is 38.0. The zero-order chi connectivity index (χ0) is 13.0. The number of rotatable bonds is 2. The van der Waals surface area contributed by atoms with Gasteiger partial charge in [-0.2, -0.15) is 0 Å². The molecule has 7 heteroatoms. The van der Waals surface area contributed by atoms with Crippen LogP contribution >= 0.6 is 0 Å². The van der Waals surface area contributed by atoms with E-state index in [0.29, 0.717) is 0 Å². The van der Waals surface area contributed by atoms with E-state index >= 15 is 0 Å². The molecule has 0 spiro atoms. The number of carboxylic acid groups (broad SMARTS) is 2. The molecule has 0 aromatic rings. The van der Waals surface area contributed by atoms with Gasteiger partial charge < -0.3 is 19.8 Å². The van der Waals surface area contributed by atoms with Crippen LogP contribution in [0, 0.1) is 0 Å². The fraction of sp³-hybridized carbons (Fsp3) is 0.500. The Morgan fingerprint density at radius 2 is 0.867 bits per heavy atom. The summed E-state index contributed by atoms with van der Waals surface area (Å²) in [5.74, 6) is -2.17. The van der Waals surface area contributed by atoms with Gasteiger partial charge in [0.2, 0.25) is 0 Å². The molecule has 0 radical (unpaired) electrons. The van der Waals surface area contributed by atoms with E-state index in [-0.39, 0.29) is 7.60 Å². The first-order chi connectivity index (χ1) is 6.59. The number of carboxylic acids is 2. The van der Waals surface area contributed by atoms with Crippen molar-refractivity contribution >= 4 is 40.7 Å². The van der Waals surface area contributed by atoms with Gasteiger partial charge in [0.25, 0.3) is 0 Å². The summed E-state index contributed by atoms with van der Waals surface area (Å²) in [5, 5.41) is 17.8. The van der Waals surface area contributed by atoms with Crippen molar-refractivity contribution < 1.29 is 29.4 Å². The summed E-state index contributed by atoms with van der Waals surface area (Å²) >= 11 is -1.24. The van der Waals surface area contributed by atoms with E-state index in [1.165, 1.54) is 13.8 Å². The Morgan fingerprint density at radius 1 is 0.733 bits per heavy atom. The van der Waals surface area contributed by atoms with Crippen molar-refractivity contribution in [3.05, 3.63) is 0 Å². The van der Waals surface area contributed by atoms with Crippen LogP contribution in [0.4, 0.5) is 0 Å². The second-order valence-corrected chi connectivity index (χ2v) is 6.95. The molecule has 0 aliphatic rings. The molecule has 0 aromatic heterocycles. The number of hydrogen-bond donors (Lipinski definition) is 0. The van der Waals surface area contributed by atoms with Gasteiger partial charge in [-0.05, 0) is 13.8 Å². The molecule has 0 N–H and O–H groups in total. The molecule has 0 aliphatic heterocycles. The fourth-order valence-corrected chi connectivity index (χ4v) is 1.66. The van der Waals surface area contributed by atoms with Crippen molar-refractivity contribution in [2.24, 2.45) is 0 Å². The van der Waals surface area contributed by atoms with Crippen molar-refractivity contribution in [3.63, 3.8) is 0 Å². The molecule has 0 saturated heterocycles. The summed E-state index contributed by atoms with van der Waals surface area (Å²) in [6.07, 6.45) is 0. The van der Waals surface area contributed by atoms with Crippen LogP contribution in [0.2, 0.25) is 0 Å². The zero-order valence-corrected chi connectivity index (χ0v) is 11.8. The summed E-state index contributed by atoms with van der Waals surface area (Å²) in [6, 6.07) is 0. The van der Waals surface area contributed by atoms with Crippen molar-refractivity contribution in [2.75, 3.05) is 0 Å². The van der Waals surface area contributed by atoms with Crippen LogP contribution in [0.25, 0.3) is 0 Å². The van der Waals surface area contributed by atoms with Gasteiger partial charge in [-0.25, -0.2) is 0 Å². The Balaban J connectivity index is -0.000000155. The molecule has 0 heterocycles. The second kappa shape index (κ2) is 13.1. The van der Waals surface area contributed by atoms with Gasteiger partial charge in [0.1, 0.15) is 0 Å². The van der Waals surface area contributed by atoms with Crippen molar-refractivity contribution in [2.45, 2.75) is 27.7 Å². The van der Waals surface area contributed by atoms with Gasteiger partial charge in [0.15, 0.2) is 0 Å². The van der Waals surface area contributed by atoms with E-state index in [4.69, 9.17) is 19.8 Å². The number of aliphatic carboxylic acids is 2. The molecule has 0 amide bonds. The normalized spacial score (nSPS) is 6.67. The van der Waals surface area contributed by atoms with Crippen LogP contribution in [0.1, 0.15) is 27.7 Å². The molecule has 0 fully saturated rings. The summed E-state index contributed by atoms with van der Waals surface area (Å²) < 4.78 is 0.215. The number of carbonyl (C=O) groups excluding carboxylic acids is 4. The average molecular weight is 323 g/mol. The van der Waals surface area contributed by atoms with Gasteiger partial charge in [0, 0.05) is 11.9 Å². The molecule has 15 heavy (non-hydrogen) atoms. The van der Waals surface area contributed by atoms with E-state index in [0.717, 1.165) is 13.8 Å². The van der Waals surface area contributed by atoms with E-state index in [1.54, 1.807) is 0 Å². The SMILES string of the molecule is CC(=O)[O-].CC(=O)[O-].C[C](=O)[Sn+2][C](C)=O. The van der Waals surface area contributed by atoms with Crippen LogP contribution in [0.5, 0.6) is 0 Å². The van der Waals surface area contributed by atoms with Crippen molar-refractivity contribution in [3.8, 4) is 0 Å². The Morgan fingerprint density at radius 3 is 0.867 bits per heavy atom. The van der Waals surface area contributed by atoms with Crippen LogP contribution in [0.15, 0.2) is 0 Å². The minimum atomic E-state index is -1.24. The molecule has 0 aliphatic carbocycles. The molecule has 0 atom stereocenters. The van der Waals surface area contributed by atoms with E-state index in [1.807, 2.05) is 0 Å². The van der Waals surface area contributed by atoms with Gasteiger partial charge in [0.05, 0.1) is 0 Å². The average Bonchev–Trinajstić information content (AvgIpc) is 1.78. The summed E-state index contributed by atoms with van der Waals surface area (Å²) in [7, 11) is 0.